The third-order valence-electron chi connectivity index (χ3n) is 3.71. The molecule has 2 rings (SSSR count). The van der Waals surface area contributed by atoms with Crippen LogP contribution >= 0.6 is 0 Å². The van der Waals surface area contributed by atoms with Crippen LogP contribution in [-0.2, 0) is 20.8 Å². The summed E-state index contributed by atoms with van der Waals surface area (Å²) in [5.74, 6) is -6.08. The number of nitrogens with zero attached hydrogens (tertiary/aromatic N) is 1. The summed E-state index contributed by atoms with van der Waals surface area (Å²) in [4.78, 5) is 39.4. The number of benzene rings is 1. The minimum absolute atomic E-state index is 0.213. The summed E-state index contributed by atoms with van der Waals surface area (Å²) in [6, 6.07) is -8.73. The zero-order valence-corrected chi connectivity index (χ0v) is 14.2. The number of carbonyl (C=O) groups excluding carboxylic acids is 3. The van der Waals surface area contributed by atoms with Crippen LogP contribution < -0.4 is 10.6 Å². The van der Waals surface area contributed by atoms with Crippen LogP contribution in [0.2, 0.25) is 0 Å². The van der Waals surface area contributed by atoms with Crippen LogP contribution in [0.1, 0.15) is 54.3 Å². The fraction of sp³-hybridized carbons (Fsp3) is 0.526. The zero-order valence-electron chi connectivity index (χ0n) is 26.2. The lowest BCUT2D eigenvalue weighted by Crippen LogP contribution is -2.51. The van der Waals surface area contributed by atoms with Crippen LogP contribution in [0.15, 0.2) is 24.2 Å². The van der Waals surface area contributed by atoms with Gasteiger partial charge >= 0.3 is 0 Å². The van der Waals surface area contributed by atoms with E-state index in [9.17, 15) is 19.5 Å². The molecule has 0 saturated carbocycles. The van der Waals surface area contributed by atoms with Gasteiger partial charge in [0.1, 0.15) is 18.1 Å². The molecule has 1 aliphatic rings. The van der Waals surface area contributed by atoms with Gasteiger partial charge in [-0.1, -0.05) is 38.0 Å². The van der Waals surface area contributed by atoms with Crippen LogP contribution in [0.3, 0.4) is 0 Å². The van der Waals surface area contributed by atoms with Gasteiger partial charge in [-0.2, -0.15) is 0 Å². The van der Waals surface area contributed by atoms with E-state index in [4.69, 9.17) is 16.4 Å². The highest BCUT2D eigenvalue weighted by molar-refractivity contribution is 5.93. The summed E-state index contributed by atoms with van der Waals surface area (Å²) in [6.45, 7) is -4.80. The number of amides is 3. The van der Waals surface area contributed by atoms with E-state index in [1.165, 1.54) is 19.2 Å². The molecule has 1 aromatic rings. The van der Waals surface area contributed by atoms with Crippen molar-refractivity contribution in [3.63, 3.8) is 0 Å². The van der Waals surface area contributed by atoms with Crippen molar-refractivity contribution in [3.8, 4) is 0 Å². The van der Waals surface area contributed by atoms with Gasteiger partial charge in [-0.15, -0.1) is 0 Å². The molecule has 3 amide bonds. The third-order valence-corrected chi connectivity index (χ3v) is 3.71. The number of likely N-dealkylation sites (N-methyl/N-ethyl adjacent to an activating group) is 1. The molecule has 0 fully saturated rings. The summed E-state index contributed by atoms with van der Waals surface area (Å²) in [5, 5.41) is 13.5. The van der Waals surface area contributed by atoms with Gasteiger partial charge in [-0.3, -0.25) is 14.4 Å². The fourth-order valence-electron chi connectivity index (χ4n) is 2.24. The highest BCUT2D eigenvalue weighted by Gasteiger charge is 2.32. The Kier molecular flexibility index (Phi) is 2.87. The second-order valence-electron chi connectivity index (χ2n) is 5.91. The molecular formula is C19H27N3O4. The second kappa shape index (κ2) is 8.31. The van der Waals surface area contributed by atoms with Gasteiger partial charge in [-0.25, -0.2) is 0 Å². The molecule has 0 aromatic heterocycles. The molecule has 0 saturated heterocycles. The molecule has 1 heterocycles. The monoisotopic (exact) mass is 373 g/mol. The molecule has 26 heavy (non-hydrogen) atoms. The highest BCUT2D eigenvalue weighted by atomic mass is 16.3. The summed E-state index contributed by atoms with van der Waals surface area (Å²) in [7, 11) is 0. The maximum Gasteiger partial charge on any atom is 0.249 e. The largest absolute Gasteiger partial charge is 0.383 e. The van der Waals surface area contributed by atoms with E-state index in [0.29, 0.717) is 4.90 Å². The Morgan fingerprint density at radius 3 is 2.77 bits per heavy atom. The molecule has 0 aliphatic carbocycles. The van der Waals surface area contributed by atoms with Gasteiger partial charge in [0.2, 0.25) is 17.7 Å². The van der Waals surface area contributed by atoms with Gasteiger partial charge in [0, 0.05) is 21.7 Å². The predicted octanol–water partition coefficient (Wildman–Crippen LogP) is 0.380. The van der Waals surface area contributed by atoms with Crippen molar-refractivity contribution in [2.24, 2.45) is 5.92 Å². The second-order valence-corrected chi connectivity index (χ2v) is 5.91. The molecule has 1 aliphatic heterocycles. The smallest absolute Gasteiger partial charge is 0.249 e. The van der Waals surface area contributed by atoms with Crippen molar-refractivity contribution in [2.45, 2.75) is 45.3 Å². The first kappa shape index (κ1) is 8.99. The standard InChI is InChI=1S/C19H27N3O4/c1-11(2)16(23)18(25)20-12(3)17(24)21-15-14-8-6-5-7-13(14)9-10-22(4)19(15)26/h5-8,11-12,15-16,23H,9-10H2,1-4H3,(H,20,25)(H,21,24)/t12-,15-,16-/m0/s1/i3D3,4D3,5D,6D,7D,8D,12D,16D. The first-order valence-corrected chi connectivity index (χ1v) is 7.76. The van der Waals surface area contributed by atoms with Crippen molar-refractivity contribution < 1.29 is 35.9 Å². The number of hydrogen-bond donors (Lipinski definition) is 3. The Labute approximate surface area is 170 Å². The Morgan fingerprint density at radius 1 is 1.38 bits per heavy atom. The van der Waals surface area contributed by atoms with E-state index in [1.54, 1.807) is 0 Å². The molecule has 3 atom stereocenters. The Morgan fingerprint density at radius 2 is 2.12 bits per heavy atom. The van der Waals surface area contributed by atoms with Crippen molar-refractivity contribution in [2.75, 3.05) is 13.5 Å². The van der Waals surface area contributed by atoms with Crippen LogP contribution in [0.4, 0.5) is 0 Å². The van der Waals surface area contributed by atoms with E-state index in [0.717, 1.165) is 0 Å². The summed E-state index contributed by atoms with van der Waals surface area (Å²) < 4.78 is 94.4. The zero-order chi connectivity index (χ0) is 29.8. The molecule has 0 radical (unpaired) electrons. The first-order chi connectivity index (χ1) is 17.0. The van der Waals surface area contributed by atoms with E-state index >= 15 is 0 Å². The quantitative estimate of drug-likeness (QED) is 0.695. The maximum absolute atomic E-state index is 13.3. The van der Waals surface area contributed by atoms with Crippen molar-refractivity contribution in [3.05, 3.63) is 35.3 Å². The topological polar surface area (TPSA) is 98.7 Å². The Hall–Kier alpha value is -2.41. The van der Waals surface area contributed by atoms with E-state index < -0.39 is 91.9 Å². The summed E-state index contributed by atoms with van der Waals surface area (Å²) in [5.41, 5.74) is -0.741. The lowest BCUT2D eigenvalue weighted by molar-refractivity contribution is -0.137. The maximum atomic E-state index is 13.3. The number of fused-ring (bicyclic) bond motifs is 1. The van der Waals surface area contributed by atoms with Crippen LogP contribution in [0.25, 0.3) is 0 Å². The molecule has 7 heteroatoms. The van der Waals surface area contributed by atoms with Crippen LogP contribution in [0, 0.1) is 5.92 Å². The average Bonchev–Trinajstić information content (AvgIpc) is 2.91. The van der Waals surface area contributed by atoms with Gasteiger partial charge in [-0.05, 0) is 30.3 Å². The van der Waals surface area contributed by atoms with Gasteiger partial charge in [0.15, 0.2) is 0 Å². The van der Waals surface area contributed by atoms with Crippen LogP contribution in [-0.4, -0.2) is 53.3 Å². The predicted molar refractivity (Wildman–Crippen MR) is 97.1 cm³/mol. The van der Waals surface area contributed by atoms with E-state index in [-0.39, 0.29) is 12.0 Å². The lowest BCUT2D eigenvalue weighted by Gasteiger charge is -2.24. The number of rotatable bonds is 5. The number of hydrogen-bond acceptors (Lipinski definition) is 4. The van der Waals surface area contributed by atoms with Gasteiger partial charge in [0.05, 0.1) is 8.22 Å². The number of carbonyl (C=O) groups is 3. The van der Waals surface area contributed by atoms with Crippen LogP contribution in [0.5, 0.6) is 0 Å². The fourth-order valence-corrected chi connectivity index (χ4v) is 2.24. The Balaban J connectivity index is 2.71. The first-order valence-electron chi connectivity index (χ1n) is 13.8. The molecule has 3 N–H and O–H groups in total. The van der Waals surface area contributed by atoms with Gasteiger partial charge in [0.25, 0.3) is 0 Å². The molecule has 1 aromatic carbocycles. The summed E-state index contributed by atoms with van der Waals surface area (Å²) in [6.07, 6.45) is -3.31. The molecule has 0 unspecified atom stereocenters. The number of nitrogens with one attached hydrogen (secondary N) is 2. The normalized spacial score (nSPS) is 29.5. The molecule has 7 nitrogen and oxygen atoms in total. The lowest BCUT2D eigenvalue weighted by atomic mass is 9.99. The molecule has 0 bridgehead atoms. The molecule has 0 spiro atoms. The van der Waals surface area contributed by atoms with Gasteiger partial charge < -0.3 is 20.6 Å². The van der Waals surface area contributed by atoms with E-state index in [2.05, 4.69) is 0 Å². The van der Waals surface area contributed by atoms with Crippen molar-refractivity contribution in [1.82, 2.24) is 15.5 Å². The molecule has 142 valence electrons. The molecular weight excluding hydrogens is 334 g/mol. The minimum Gasteiger partial charge on any atom is -0.383 e. The number of aliphatic hydroxyl groups is 1. The van der Waals surface area contributed by atoms with Crippen molar-refractivity contribution in [1.29, 1.82) is 0 Å². The SMILES string of the molecule is [2H]c1c([2H])c([2H])c2c(c1[2H])CCN(C([2H])([2H])[2H])C(=O)[C@H]2NC(=O)[C@@]([2H])(NC(=O)[C@@]([2H])(O)C(C)C)C([2H])([2H])[2H]. The third kappa shape index (κ3) is 4.40. The minimum atomic E-state index is -3.66. The average molecular weight is 374 g/mol. The highest BCUT2D eigenvalue weighted by Crippen LogP contribution is 2.24. The van der Waals surface area contributed by atoms with Crippen molar-refractivity contribution >= 4 is 17.7 Å². The van der Waals surface area contributed by atoms with E-state index in [1.807, 2.05) is 5.32 Å². The Bertz CT molecular complexity index is 1150. The summed E-state index contributed by atoms with van der Waals surface area (Å²) >= 11 is 0.